The minimum atomic E-state index is -3.89. The van der Waals surface area contributed by atoms with Crippen LogP contribution in [-0.2, 0) is 26.2 Å². The number of ether oxygens (including phenoxy) is 2. The maximum Gasteiger partial charge on any atom is 0.244 e. The standard InChI is InChI=1S/C25H34BrN3O6S/c1-7-17(2)27-25(31)18(3)28(15-19-8-10-20(26)11-9-19)24(30)16-29(36(6,32)33)22-13-12-21(34-4)14-23(22)35-5/h8-14,17-18H,7,15-16H2,1-6H3,(H,27,31)/t17-,18+/m1/s1. The van der Waals surface area contributed by atoms with Crippen LogP contribution in [0.4, 0.5) is 5.69 Å². The van der Waals surface area contributed by atoms with E-state index < -0.39 is 28.5 Å². The van der Waals surface area contributed by atoms with Crippen molar-refractivity contribution in [3.8, 4) is 11.5 Å². The first-order valence-electron chi connectivity index (χ1n) is 11.4. The summed E-state index contributed by atoms with van der Waals surface area (Å²) in [6.07, 6.45) is 1.75. The van der Waals surface area contributed by atoms with E-state index in [0.29, 0.717) is 5.75 Å². The molecule has 1 N–H and O–H groups in total. The molecular formula is C25H34BrN3O6S. The predicted octanol–water partition coefficient (Wildman–Crippen LogP) is 3.56. The minimum Gasteiger partial charge on any atom is -0.497 e. The Bertz CT molecular complexity index is 1160. The molecule has 0 aliphatic rings. The van der Waals surface area contributed by atoms with Crippen LogP contribution >= 0.6 is 15.9 Å². The van der Waals surface area contributed by atoms with Crippen molar-refractivity contribution in [3.63, 3.8) is 0 Å². The van der Waals surface area contributed by atoms with Gasteiger partial charge in [0.15, 0.2) is 0 Å². The average Bonchev–Trinajstić information content (AvgIpc) is 2.85. The van der Waals surface area contributed by atoms with Crippen LogP contribution < -0.4 is 19.1 Å². The molecule has 2 amide bonds. The second-order valence-corrected chi connectivity index (χ2v) is 11.3. The van der Waals surface area contributed by atoms with Crippen molar-refractivity contribution in [1.82, 2.24) is 10.2 Å². The summed E-state index contributed by atoms with van der Waals surface area (Å²) in [4.78, 5) is 28.0. The number of anilines is 1. The summed E-state index contributed by atoms with van der Waals surface area (Å²) in [6, 6.07) is 11.1. The van der Waals surface area contributed by atoms with Gasteiger partial charge in [0.2, 0.25) is 21.8 Å². The minimum absolute atomic E-state index is 0.0688. The molecule has 36 heavy (non-hydrogen) atoms. The van der Waals surface area contributed by atoms with Gasteiger partial charge in [-0.1, -0.05) is 35.0 Å². The average molecular weight is 585 g/mol. The third-order valence-electron chi connectivity index (χ3n) is 5.77. The van der Waals surface area contributed by atoms with E-state index in [4.69, 9.17) is 9.47 Å². The molecule has 198 valence electrons. The van der Waals surface area contributed by atoms with E-state index in [0.717, 1.165) is 27.0 Å². The lowest BCUT2D eigenvalue weighted by atomic mass is 10.1. The summed E-state index contributed by atoms with van der Waals surface area (Å²) < 4.78 is 38.0. The summed E-state index contributed by atoms with van der Waals surface area (Å²) in [5, 5.41) is 2.90. The van der Waals surface area contributed by atoms with Gasteiger partial charge in [-0.05, 0) is 50.1 Å². The second kappa shape index (κ2) is 13.0. The van der Waals surface area contributed by atoms with Crippen molar-refractivity contribution in [2.24, 2.45) is 0 Å². The van der Waals surface area contributed by atoms with Crippen molar-refractivity contribution in [3.05, 3.63) is 52.5 Å². The van der Waals surface area contributed by atoms with Crippen molar-refractivity contribution in [1.29, 1.82) is 0 Å². The molecule has 2 aromatic rings. The zero-order valence-electron chi connectivity index (χ0n) is 21.4. The zero-order chi connectivity index (χ0) is 27.0. The van der Waals surface area contributed by atoms with Gasteiger partial charge in [-0.2, -0.15) is 0 Å². The molecule has 2 aromatic carbocycles. The lowest BCUT2D eigenvalue weighted by Crippen LogP contribution is -2.52. The number of methoxy groups -OCH3 is 2. The van der Waals surface area contributed by atoms with Crippen molar-refractivity contribution in [2.75, 3.05) is 31.3 Å². The van der Waals surface area contributed by atoms with Crippen LogP contribution in [0.3, 0.4) is 0 Å². The molecule has 0 bridgehead atoms. The molecular weight excluding hydrogens is 550 g/mol. The van der Waals surface area contributed by atoms with Gasteiger partial charge in [0, 0.05) is 23.1 Å². The van der Waals surface area contributed by atoms with E-state index in [9.17, 15) is 18.0 Å². The Kier molecular flexibility index (Phi) is 10.6. The van der Waals surface area contributed by atoms with Crippen LogP contribution in [-0.4, -0.2) is 64.2 Å². The largest absolute Gasteiger partial charge is 0.497 e. The van der Waals surface area contributed by atoms with Gasteiger partial charge in [-0.25, -0.2) is 8.42 Å². The van der Waals surface area contributed by atoms with Crippen molar-refractivity contribution >= 4 is 43.5 Å². The monoisotopic (exact) mass is 583 g/mol. The molecule has 0 aromatic heterocycles. The fourth-order valence-electron chi connectivity index (χ4n) is 3.42. The summed E-state index contributed by atoms with van der Waals surface area (Å²) >= 11 is 3.39. The molecule has 2 atom stereocenters. The first kappa shape index (κ1) is 29.4. The first-order valence-corrected chi connectivity index (χ1v) is 14.1. The summed E-state index contributed by atoms with van der Waals surface area (Å²) in [6.45, 7) is 5.07. The lowest BCUT2D eigenvalue weighted by molar-refractivity contribution is -0.139. The summed E-state index contributed by atoms with van der Waals surface area (Å²) in [5.74, 6) is -0.145. The van der Waals surface area contributed by atoms with Gasteiger partial charge >= 0.3 is 0 Å². The highest BCUT2D eigenvalue weighted by atomic mass is 79.9. The SMILES string of the molecule is CC[C@@H](C)NC(=O)[C@H](C)N(Cc1ccc(Br)cc1)C(=O)CN(c1ccc(OC)cc1OC)S(C)(=O)=O. The topological polar surface area (TPSA) is 105 Å². The van der Waals surface area contributed by atoms with Crippen LogP contribution in [0.2, 0.25) is 0 Å². The smallest absolute Gasteiger partial charge is 0.244 e. The third-order valence-corrected chi connectivity index (χ3v) is 7.42. The van der Waals surface area contributed by atoms with Gasteiger partial charge in [0.25, 0.3) is 0 Å². The lowest BCUT2D eigenvalue weighted by Gasteiger charge is -2.32. The maximum absolute atomic E-state index is 13.6. The van der Waals surface area contributed by atoms with Crippen LogP contribution in [0.25, 0.3) is 0 Å². The molecule has 0 unspecified atom stereocenters. The predicted molar refractivity (Wildman–Crippen MR) is 144 cm³/mol. The van der Waals surface area contributed by atoms with E-state index in [1.54, 1.807) is 19.1 Å². The summed E-state index contributed by atoms with van der Waals surface area (Å²) in [5.41, 5.74) is 0.983. The quantitative estimate of drug-likeness (QED) is 0.409. The van der Waals surface area contributed by atoms with Gasteiger partial charge in [-0.3, -0.25) is 13.9 Å². The fourth-order valence-corrected chi connectivity index (χ4v) is 4.54. The van der Waals surface area contributed by atoms with E-state index >= 15 is 0 Å². The Hall–Kier alpha value is -2.79. The van der Waals surface area contributed by atoms with E-state index in [1.807, 2.05) is 38.1 Å². The highest BCUT2D eigenvalue weighted by Crippen LogP contribution is 2.33. The first-order chi connectivity index (χ1) is 16.9. The summed E-state index contributed by atoms with van der Waals surface area (Å²) in [7, 11) is -0.999. The Balaban J connectivity index is 2.45. The zero-order valence-corrected chi connectivity index (χ0v) is 23.9. The van der Waals surface area contributed by atoms with Crippen molar-refractivity contribution in [2.45, 2.75) is 45.8 Å². The number of nitrogens with one attached hydrogen (secondary N) is 1. The molecule has 0 saturated heterocycles. The molecule has 0 aliphatic carbocycles. The molecule has 0 spiro atoms. The molecule has 0 saturated carbocycles. The van der Waals surface area contributed by atoms with Crippen LogP contribution in [0.15, 0.2) is 46.9 Å². The molecule has 11 heteroatoms. The van der Waals surface area contributed by atoms with Gasteiger partial charge in [0.05, 0.1) is 26.2 Å². The number of amides is 2. The number of sulfonamides is 1. The van der Waals surface area contributed by atoms with E-state index in [-0.39, 0.29) is 29.9 Å². The molecule has 2 rings (SSSR count). The normalized spacial score (nSPS) is 12.9. The molecule has 9 nitrogen and oxygen atoms in total. The number of nitrogens with zero attached hydrogens (tertiary/aromatic N) is 2. The number of hydrogen-bond acceptors (Lipinski definition) is 6. The Morgan fingerprint density at radius 2 is 1.69 bits per heavy atom. The van der Waals surface area contributed by atoms with Crippen molar-refractivity contribution < 1.29 is 27.5 Å². The van der Waals surface area contributed by atoms with E-state index in [2.05, 4.69) is 21.2 Å². The number of carbonyl (C=O) groups is 2. The maximum atomic E-state index is 13.6. The second-order valence-electron chi connectivity index (χ2n) is 8.45. The number of carbonyl (C=O) groups excluding carboxylic acids is 2. The van der Waals surface area contributed by atoms with Gasteiger partial charge in [-0.15, -0.1) is 0 Å². The number of benzene rings is 2. The number of rotatable bonds is 12. The Morgan fingerprint density at radius 3 is 2.22 bits per heavy atom. The Morgan fingerprint density at radius 1 is 1.06 bits per heavy atom. The fraction of sp³-hybridized carbons (Fsp3) is 0.440. The highest BCUT2D eigenvalue weighted by molar-refractivity contribution is 9.10. The van der Waals surface area contributed by atoms with Crippen LogP contribution in [0.1, 0.15) is 32.8 Å². The van der Waals surface area contributed by atoms with Gasteiger partial charge in [0.1, 0.15) is 24.1 Å². The highest BCUT2D eigenvalue weighted by Gasteiger charge is 2.31. The Labute approximate surface area is 221 Å². The van der Waals surface area contributed by atoms with E-state index in [1.165, 1.54) is 25.2 Å². The molecule has 0 fully saturated rings. The van der Waals surface area contributed by atoms with Crippen LogP contribution in [0.5, 0.6) is 11.5 Å². The van der Waals surface area contributed by atoms with Gasteiger partial charge < -0.3 is 19.7 Å². The molecule has 0 radical (unpaired) electrons. The molecule has 0 heterocycles. The molecule has 0 aliphatic heterocycles. The number of hydrogen-bond donors (Lipinski definition) is 1. The number of halogens is 1. The van der Waals surface area contributed by atoms with Crippen LogP contribution in [0, 0.1) is 0 Å². The third kappa shape index (κ3) is 7.86.